The van der Waals surface area contributed by atoms with Gasteiger partial charge in [-0.1, -0.05) is 109 Å². The summed E-state index contributed by atoms with van der Waals surface area (Å²) in [6, 6.07) is 66.2. The summed E-state index contributed by atoms with van der Waals surface area (Å²) in [5.74, 6) is 0.630. The topological polar surface area (TPSA) is 34.2 Å². The Morgan fingerprint density at radius 1 is 0.451 bits per heavy atom. The van der Waals surface area contributed by atoms with E-state index in [1.54, 1.807) is 0 Å². The lowest BCUT2D eigenvalue weighted by molar-refractivity contribution is 0.623. The van der Waals surface area contributed by atoms with E-state index in [1.165, 1.54) is 21.8 Å². The molecule has 240 valence electrons. The Kier molecular flexibility index (Phi) is 6.78. The molecule has 2 aromatic heterocycles. The van der Waals surface area contributed by atoms with Gasteiger partial charge in [-0.05, 0) is 95.4 Å². The van der Waals surface area contributed by atoms with E-state index >= 15 is 0 Å². The zero-order valence-corrected chi connectivity index (χ0v) is 27.6. The number of fused-ring (bicyclic) bond motifs is 6. The molecule has 2 heterocycles. The first-order valence-electron chi connectivity index (χ1n) is 17.2. The van der Waals surface area contributed by atoms with Gasteiger partial charge in [0.15, 0.2) is 5.58 Å². The molecule has 0 spiro atoms. The molecule has 0 aliphatic carbocycles. The molecule has 0 fully saturated rings. The van der Waals surface area contributed by atoms with E-state index in [2.05, 4.69) is 161 Å². The van der Waals surface area contributed by atoms with Gasteiger partial charge in [-0.15, -0.1) is 0 Å². The maximum atomic E-state index is 6.47. The monoisotopic (exact) mass is 653 g/mol. The van der Waals surface area contributed by atoms with E-state index in [1.807, 2.05) is 36.4 Å². The van der Waals surface area contributed by atoms with E-state index in [0.29, 0.717) is 5.89 Å². The van der Waals surface area contributed by atoms with Gasteiger partial charge in [-0.25, -0.2) is 4.98 Å². The second-order valence-electron chi connectivity index (χ2n) is 12.8. The Bertz CT molecular complexity index is 2780. The number of aromatic nitrogens is 2. The predicted molar refractivity (Wildman–Crippen MR) is 211 cm³/mol. The van der Waals surface area contributed by atoms with Gasteiger partial charge < -0.3 is 13.9 Å². The fraction of sp³-hybridized carbons (Fsp3) is 0. The molecule has 0 N–H and O–H groups in total. The van der Waals surface area contributed by atoms with E-state index in [9.17, 15) is 0 Å². The number of oxazole rings is 1. The Morgan fingerprint density at radius 3 is 1.73 bits per heavy atom. The summed E-state index contributed by atoms with van der Waals surface area (Å²) in [5.41, 5.74) is 11.6. The van der Waals surface area contributed by atoms with Crippen molar-refractivity contribution in [3.8, 4) is 28.3 Å². The van der Waals surface area contributed by atoms with Crippen LogP contribution < -0.4 is 4.90 Å². The van der Waals surface area contributed by atoms with Gasteiger partial charge >= 0.3 is 0 Å². The number of hydrogen-bond donors (Lipinski definition) is 0. The molecule has 0 bridgehead atoms. The highest BCUT2D eigenvalue weighted by molar-refractivity contribution is 6.11. The van der Waals surface area contributed by atoms with Crippen molar-refractivity contribution in [2.45, 2.75) is 0 Å². The molecule has 0 saturated heterocycles. The van der Waals surface area contributed by atoms with E-state index in [4.69, 9.17) is 9.40 Å². The third-order valence-electron chi connectivity index (χ3n) is 9.82. The summed E-state index contributed by atoms with van der Waals surface area (Å²) in [6.07, 6.45) is 0. The average Bonchev–Trinajstić information content (AvgIpc) is 3.79. The van der Waals surface area contributed by atoms with Crippen LogP contribution in [0.15, 0.2) is 192 Å². The average molecular weight is 654 g/mol. The first kappa shape index (κ1) is 29.0. The molecule has 4 nitrogen and oxygen atoms in total. The second kappa shape index (κ2) is 11.9. The van der Waals surface area contributed by atoms with Crippen molar-refractivity contribution in [3.05, 3.63) is 188 Å². The zero-order chi connectivity index (χ0) is 33.7. The highest BCUT2D eigenvalue weighted by Gasteiger charge is 2.17. The second-order valence-corrected chi connectivity index (χ2v) is 12.8. The van der Waals surface area contributed by atoms with Crippen LogP contribution >= 0.6 is 0 Å². The number of anilines is 3. The fourth-order valence-electron chi connectivity index (χ4n) is 7.47. The van der Waals surface area contributed by atoms with Gasteiger partial charge in [0.25, 0.3) is 0 Å². The molecule has 0 radical (unpaired) electrons. The molecule has 8 aromatic carbocycles. The summed E-state index contributed by atoms with van der Waals surface area (Å²) >= 11 is 0. The molecule has 51 heavy (non-hydrogen) atoms. The Hall–Kier alpha value is -6.91. The molecule has 0 atom stereocenters. The van der Waals surface area contributed by atoms with E-state index in [-0.39, 0.29) is 0 Å². The van der Waals surface area contributed by atoms with Crippen LogP contribution in [-0.2, 0) is 0 Å². The third kappa shape index (κ3) is 4.88. The SMILES string of the molecule is c1ccc(-c2nc3ccc4cccc(-c5ccc(N(c6ccccc6)c6ccc(-n7c8ccccc8c8ccccc87)cc6)cc5)c4c3o2)cc1. The summed E-state index contributed by atoms with van der Waals surface area (Å²) in [7, 11) is 0. The molecule has 0 amide bonds. The minimum absolute atomic E-state index is 0.630. The Labute approximate surface area is 295 Å². The largest absolute Gasteiger partial charge is 0.435 e. The van der Waals surface area contributed by atoms with Crippen molar-refractivity contribution < 1.29 is 4.42 Å². The van der Waals surface area contributed by atoms with E-state index in [0.717, 1.165) is 61.3 Å². The van der Waals surface area contributed by atoms with Crippen molar-refractivity contribution in [2.24, 2.45) is 0 Å². The van der Waals surface area contributed by atoms with Crippen LogP contribution in [0.2, 0.25) is 0 Å². The number of rotatable bonds is 6. The lowest BCUT2D eigenvalue weighted by Gasteiger charge is -2.26. The van der Waals surface area contributed by atoms with Crippen molar-refractivity contribution in [1.82, 2.24) is 9.55 Å². The summed E-state index contributed by atoms with van der Waals surface area (Å²) in [4.78, 5) is 7.16. The van der Waals surface area contributed by atoms with Crippen molar-refractivity contribution in [3.63, 3.8) is 0 Å². The summed E-state index contributed by atoms with van der Waals surface area (Å²) in [6.45, 7) is 0. The van der Waals surface area contributed by atoms with Gasteiger partial charge in [0.05, 0.1) is 11.0 Å². The zero-order valence-electron chi connectivity index (χ0n) is 27.6. The number of benzene rings is 8. The maximum Gasteiger partial charge on any atom is 0.227 e. The quantitative estimate of drug-likeness (QED) is 0.179. The maximum absolute atomic E-state index is 6.47. The van der Waals surface area contributed by atoms with Crippen LogP contribution in [0.4, 0.5) is 17.1 Å². The summed E-state index contributed by atoms with van der Waals surface area (Å²) < 4.78 is 8.83. The molecule has 0 aliphatic heterocycles. The van der Waals surface area contributed by atoms with Crippen LogP contribution in [0.3, 0.4) is 0 Å². The van der Waals surface area contributed by atoms with Crippen LogP contribution in [0, 0.1) is 0 Å². The minimum Gasteiger partial charge on any atom is -0.435 e. The van der Waals surface area contributed by atoms with Gasteiger partial charge in [0.1, 0.15) is 5.52 Å². The third-order valence-corrected chi connectivity index (χ3v) is 9.82. The minimum atomic E-state index is 0.630. The first-order chi connectivity index (χ1) is 25.3. The molecular formula is C47H31N3O. The fourth-order valence-corrected chi connectivity index (χ4v) is 7.47. The smallest absolute Gasteiger partial charge is 0.227 e. The van der Waals surface area contributed by atoms with Crippen molar-refractivity contribution in [1.29, 1.82) is 0 Å². The normalized spacial score (nSPS) is 11.5. The molecule has 10 aromatic rings. The predicted octanol–water partition coefficient (Wildman–Crippen LogP) is 12.9. The molecule has 4 heteroatoms. The molecule has 0 unspecified atom stereocenters. The van der Waals surface area contributed by atoms with Gasteiger partial charge in [0.2, 0.25) is 5.89 Å². The molecule has 0 aliphatic rings. The van der Waals surface area contributed by atoms with Crippen LogP contribution in [0.5, 0.6) is 0 Å². The van der Waals surface area contributed by atoms with Crippen molar-refractivity contribution >= 4 is 60.7 Å². The number of nitrogens with zero attached hydrogens (tertiary/aromatic N) is 3. The van der Waals surface area contributed by atoms with E-state index < -0.39 is 0 Å². The summed E-state index contributed by atoms with van der Waals surface area (Å²) in [5, 5.41) is 4.71. The Balaban J connectivity index is 1.05. The Morgan fingerprint density at radius 2 is 1.04 bits per heavy atom. The molecule has 10 rings (SSSR count). The lowest BCUT2D eigenvalue weighted by Crippen LogP contribution is -2.10. The van der Waals surface area contributed by atoms with Crippen LogP contribution in [0.1, 0.15) is 0 Å². The number of hydrogen-bond acceptors (Lipinski definition) is 3. The molecule has 0 saturated carbocycles. The highest BCUT2D eigenvalue weighted by Crippen LogP contribution is 2.40. The van der Waals surface area contributed by atoms with Crippen LogP contribution in [-0.4, -0.2) is 9.55 Å². The molecular weight excluding hydrogens is 623 g/mol. The van der Waals surface area contributed by atoms with Crippen LogP contribution in [0.25, 0.3) is 71.9 Å². The lowest BCUT2D eigenvalue weighted by atomic mass is 9.97. The first-order valence-corrected chi connectivity index (χ1v) is 17.2. The van der Waals surface area contributed by atoms with Gasteiger partial charge in [-0.3, -0.25) is 0 Å². The highest BCUT2D eigenvalue weighted by atomic mass is 16.3. The van der Waals surface area contributed by atoms with Gasteiger partial charge in [-0.2, -0.15) is 0 Å². The standard InChI is InChI=1S/C47H31N3O/c1-3-12-34(13-4-1)47-48-42-31-24-33-14-11-19-39(45(33)46(42)51-47)32-22-25-36(26-23-32)49(35-15-5-2-6-16-35)37-27-29-38(30-28-37)50-43-20-9-7-17-40(43)41-18-8-10-21-44(41)50/h1-31H. The number of para-hydroxylation sites is 3. The van der Waals surface area contributed by atoms with Gasteiger partial charge in [0, 0.05) is 44.5 Å². The van der Waals surface area contributed by atoms with Crippen molar-refractivity contribution in [2.75, 3.05) is 4.90 Å².